The molecule has 3 amide bonds. The Balaban J connectivity index is 0.000000491. The fourth-order valence-corrected chi connectivity index (χ4v) is 5.72. The number of benzene rings is 3. The predicted octanol–water partition coefficient (Wildman–Crippen LogP) is 5.50. The highest BCUT2D eigenvalue weighted by molar-refractivity contribution is 6.31. The van der Waals surface area contributed by atoms with Crippen LogP contribution in [0, 0.1) is 5.82 Å². The van der Waals surface area contributed by atoms with Crippen molar-refractivity contribution in [3.8, 4) is 0 Å². The molecule has 1 unspecified atom stereocenters. The van der Waals surface area contributed by atoms with Gasteiger partial charge in [0.2, 0.25) is 18.2 Å². The minimum absolute atomic E-state index is 0.0409. The normalized spacial score (nSPS) is 15.3. The van der Waals surface area contributed by atoms with Gasteiger partial charge in [-0.1, -0.05) is 51.4 Å². The Morgan fingerprint density at radius 3 is 2.33 bits per heavy atom. The van der Waals surface area contributed by atoms with E-state index in [0.29, 0.717) is 38.2 Å². The number of rotatable bonds is 8. The van der Waals surface area contributed by atoms with Crippen molar-refractivity contribution in [3.63, 3.8) is 0 Å². The highest BCUT2D eigenvalue weighted by atomic mass is 35.5. The average molecular weight is 739 g/mol. The number of carbonyl (C=O) groups is 4. The van der Waals surface area contributed by atoms with Crippen LogP contribution in [0.3, 0.4) is 0 Å². The van der Waals surface area contributed by atoms with Crippen molar-refractivity contribution in [1.82, 2.24) is 9.80 Å². The van der Waals surface area contributed by atoms with E-state index in [-0.39, 0.29) is 39.7 Å². The molecule has 5 rings (SSSR count). The molecule has 15 heteroatoms. The zero-order valence-corrected chi connectivity index (χ0v) is 31.1. The number of carboxylic acids is 1. The SMILES string of the molecule is CC.CC.CC1c2cccc(N3CCN(C)CC3=O)c2CCN1C(=O)/C=C/c1c(N(N)/C=N\N)ccc(Cl)c1F.O=CNc1ccc(C(=O)O)cc1. The van der Waals surface area contributed by atoms with E-state index in [1.54, 1.807) is 4.90 Å². The van der Waals surface area contributed by atoms with Crippen LogP contribution in [0.4, 0.5) is 21.5 Å². The van der Waals surface area contributed by atoms with E-state index in [4.69, 9.17) is 28.4 Å². The van der Waals surface area contributed by atoms with Crippen molar-refractivity contribution < 1.29 is 28.7 Å². The van der Waals surface area contributed by atoms with E-state index in [0.717, 1.165) is 34.7 Å². The summed E-state index contributed by atoms with van der Waals surface area (Å²) in [7, 11) is 1.93. The Kier molecular flexibility index (Phi) is 17.4. The molecule has 3 aromatic carbocycles. The van der Waals surface area contributed by atoms with Crippen molar-refractivity contribution >= 4 is 65.3 Å². The topological polar surface area (TPSA) is 178 Å². The first-order valence-corrected chi connectivity index (χ1v) is 17.2. The van der Waals surface area contributed by atoms with Gasteiger partial charge in [0.15, 0.2) is 5.82 Å². The lowest BCUT2D eigenvalue weighted by Gasteiger charge is -2.39. The number of likely N-dealkylation sites (N-methyl/N-ethyl adjacent to an activating group) is 1. The molecule has 3 aromatic rings. The lowest BCUT2D eigenvalue weighted by Crippen LogP contribution is -2.49. The smallest absolute Gasteiger partial charge is 0.335 e. The zero-order valence-electron chi connectivity index (χ0n) is 30.3. The summed E-state index contributed by atoms with van der Waals surface area (Å²) < 4.78 is 14.8. The Labute approximate surface area is 309 Å². The molecular weight excluding hydrogens is 691 g/mol. The van der Waals surface area contributed by atoms with Gasteiger partial charge in [-0.2, -0.15) is 5.10 Å². The van der Waals surface area contributed by atoms with E-state index >= 15 is 0 Å². The van der Waals surface area contributed by atoms with E-state index in [1.165, 1.54) is 48.6 Å². The zero-order chi connectivity index (χ0) is 39.0. The van der Waals surface area contributed by atoms with E-state index < -0.39 is 11.8 Å². The van der Waals surface area contributed by atoms with Crippen LogP contribution < -0.4 is 26.9 Å². The molecule has 6 N–H and O–H groups in total. The van der Waals surface area contributed by atoms with Crippen LogP contribution in [0.1, 0.15) is 67.7 Å². The van der Waals surface area contributed by atoms with Crippen molar-refractivity contribution in [2.75, 3.05) is 48.5 Å². The third-order valence-electron chi connectivity index (χ3n) is 8.02. The number of nitrogens with one attached hydrogen (secondary N) is 1. The number of carboxylic acid groups (broad SMARTS) is 1. The molecule has 1 fully saturated rings. The maximum absolute atomic E-state index is 14.8. The number of nitrogens with zero attached hydrogens (tertiary/aromatic N) is 5. The molecule has 13 nitrogen and oxygen atoms in total. The summed E-state index contributed by atoms with van der Waals surface area (Å²) in [5, 5.41) is 15.2. The summed E-state index contributed by atoms with van der Waals surface area (Å²) >= 11 is 5.96. The summed E-state index contributed by atoms with van der Waals surface area (Å²) in [5.74, 6) is 9.13. The number of piperazine rings is 1. The second-order valence-electron chi connectivity index (χ2n) is 11.0. The average Bonchev–Trinajstić information content (AvgIpc) is 3.14. The molecule has 0 radical (unpaired) electrons. The van der Waals surface area contributed by atoms with Gasteiger partial charge in [0.1, 0.15) is 6.34 Å². The maximum Gasteiger partial charge on any atom is 0.335 e. The molecule has 2 heterocycles. The predicted molar refractivity (Wildman–Crippen MR) is 206 cm³/mol. The quantitative estimate of drug-likeness (QED) is 0.0580. The number of fused-ring (bicyclic) bond motifs is 1. The van der Waals surface area contributed by atoms with Crippen molar-refractivity contribution in [2.24, 2.45) is 16.8 Å². The third-order valence-corrected chi connectivity index (χ3v) is 8.31. The molecule has 52 heavy (non-hydrogen) atoms. The highest BCUT2D eigenvalue weighted by Gasteiger charge is 2.31. The van der Waals surface area contributed by atoms with Gasteiger partial charge in [-0.15, -0.1) is 0 Å². The van der Waals surface area contributed by atoms with Crippen LogP contribution in [0.5, 0.6) is 0 Å². The highest BCUT2D eigenvalue weighted by Crippen LogP contribution is 2.36. The summed E-state index contributed by atoms with van der Waals surface area (Å²) in [6, 6.07) is 14.4. The van der Waals surface area contributed by atoms with Gasteiger partial charge in [-0.3, -0.25) is 24.3 Å². The lowest BCUT2D eigenvalue weighted by molar-refractivity contribution is -0.128. The fraction of sp³-hybridized carbons (Fsp3) is 0.324. The molecule has 0 spiro atoms. The van der Waals surface area contributed by atoms with Crippen LogP contribution in [-0.2, 0) is 20.8 Å². The molecule has 0 aliphatic carbocycles. The number of hydrogen-bond acceptors (Lipinski definition) is 8. The molecular formula is C37H48ClFN8O5. The van der Waals surface area contributed by atoms with Crippen LogP contribution in [-0.4, -0.2) is 78.7 Å². The minimum atomic E-state index is -0.979. The van der Waals surface area contributed by atoms with Crippen LogP contribution in [0.2, 0.25) is 5.02 Å². The van der Waals surface area contributed by atoms with Gasteiger partial charge in [0.05, 0.1) is 28.9 Å². The molecule has 2 aliphatic heterocycles. The largest absolute Gasteiger partial charge is 0.478 e. The van der Waals surface area contributed by atoms with Crippen LogP contribution >= 0.6 is 11.6 Å². The summed E-state index contributed by atoms with van der Waals surface area (Å²) in [6.45, 7) is 12.2. The van der Waals surface area contributed by atoms with Gasteiger partial charge in [-0.25, -0.2) is 15.0 Å². The molecule has 0 saturated carbocycles. The monoisotopic (exact) mass is 738 g/mol. The van der Waals surface area contributed by atoms with Crippen molar-refractivity contribution in [1.29, 1.82) is 0 Å². The van der Waals surface area contributed by atoms with Gasteiger partial charge in [0.25, 0.3) is 0 Å². The Bertz CT molecular complexity index is 1740. The Morgan fingerprint density at radius 2 is 1.73 bits per heavy atom. The minimum Gasteiger partial charge on any atom is -0.478 e. The number of nitrogens with two attached hydrogens (primary N) is 2. The van der Waals surface area contributed by atoms with E-state index in [2.05, 4.69) is 10.4 Å². The molecule has 280 valence electrons. The van der Waals surface area contributed by atoms with Gasteiger partial charge in [0, 0.05) is 42.6 Å². The first-order chi connectivity index (χ1) is 25.0. The van der Waals surface area contributed by atoms with Crippen LogP contribution in [0.25, 0.3) is 6.08 Å². The molecule has 2 aliphatic rings. The van der Waals surface area contributed by atoms with E-state index in [1.807, 2.05) is 69.7 Å². The number of hydrazine groups is 1. The first-order valence-electron chi connectivity index (χ1n) is 16.8. The maximum atomic E-state index is 14.8. The van der Waals surface area contributed by atoms with Gasteiger partial charge < -0.3 is 26.1 Å². The number of hydrogen-bond donors (Lipinski definition) is 4. The fourth-order valence-electron chi connectivity index (χ4n) is 5.55. The number of carbonyl (C=O) groups excluding carboxylic acids is 3. The molecule has 1 atom stereocenters. The first kappa shape index (κ1) is 42.9. The second kappa shape index (κ2) is 21.1. The molecule has 0 bridgehead atoms. The lowest BCUT2D eigenvalue weighted by atomic mass is 9.91. The number of halogens is 2. The Hall–Kier alpha value is -5.31. The third kappa shape index (κ3) is 10.8. The van der Waals surface area contributed by atoms with Gasteiger partial charge in [-0.05, 0) is 80.1 Å². The standard InChI is InChI=1S/C25H29ClFN7O2.C8H7NO3.2C2H6/c1-16-17-4-3-5-21(33-13-12-31(2)14-24(33)36)18(17)10-11-32(16)23(35)9-6-19-22(34(29)15-30-28)8-7-20(26)25(19)27;10-5-9-7-3-1-6(2-4-7)8(11)12;2*1-2/h3-9,15-16H,10-14,28-29H2,1-2H3;1-5H,(H,9,10)(H,11,12);2*1-2H3/b9-6+,30-15-;;;. The van der Waals surface area contributed by atoms with Crippen molar-refractivity contribution in [2.45, 2.75) is 47.1 Å². The number of anilines is 3. The second-order valence-corrected chi connectivity index (χ2v) is 11.4. The number of amides is 3. The van der Waals surface area contributed by atoms with Crippen molar-refractivity contribution in [3.05, 3.63) is 93.8 Å². The number of aromatic carboxylic acids is 1. The molecule has 0 aromatic heterocycles. The van der Waals surface area contributed by atoms with Crippen LogP contribution in [0.15, 0.2) is 65.8 Å². The number of hydrazone groups is 1. The van der Waals surface area contributed by atoms with E-state index in [9.17, 15) is 23.6 Å². The Morgan fingerprint density at radius 1 is 1.06 bits per heavy atom. The summed E-state index contributed by atoms with van der Waals surface area (Å²) in [4.78, 5) is 51.8. The van der Waals surface area contributed by atoms with Gasteiger partial charge >= 0.3 is 5.97 Å². The summed E-state index contributed by atoms with van der Waals surface area (Å²) in [6.07, 6.45) is 4.92. The molecule has 1 saturated heterocycles. The summed E-state index contributed by atoms with van der Waals surface area (Å²) in [5.41, 5.74) is 4.05.